The van der Waals surface area contributed by atoms with Crippen LogP contribution in [0.3, 0.4) is 0 Å². The van der Waals surface area contributed by atoms with Crippen LogP contribution >= 0.6 is 15.9 Å². The van der Waals surface area contributed by atoms with Crippen LogP contribution in [0, 0.1) is 16.7 Å². The molecule has 1 saturated heterocycles. The Morgan fingerprint density at radius 3 is 2.33 bits per heavy atom. The summed E-state index contributed by atoms with van der Waals surface area (Å²) in [4.78, 5) is 38.4. The molecule has 24 heavy (non-hydrogen) atoms. The molecule has 1 aromatic rings. The van der Waals surface area contributed by atoms with Crippen molar-refractivity contribution in [1.82, 2.24) is 0 Å². The Morgan fingerprint density at radius 1 is 1.21 bits per heavy atom. The second kappa shape index (κ2) is 5.15. The molecule has 0 spiro atoms. The van der Waals surface area contributed by atoms with Crippen LogP contribution in [0.4, 0.5) is 0 Å². The predicted octanol–water partition coefficient (Wildman–Crippen LogP) is 3.15. The summed E-state index contributed by atoms with van der Waals surface area (Å²) in [5.74, 6) is -2.11. The number of carbonyl (C=O) groups excluding carboxylic acids is 3. The highest BCUT2D eigenvalue weighted by atomic mass is 79.9. The Bertz CT molecular complexity index is 738. The number of rotatable bonds is 4. The third-order valence-corrected chi connectivity index (χ3v) is 5.82. The molecule has 1 aliphatic carbocycles. The van der Waals surface area contributed by atoms with Crippen molar-refractivity contribution in [2.45, 2.75) is 33.3 Å². The molecule has 0 N–H and O–H groups in total. The summed E-state index contributed by atoms with van der Waals surface area (Å²) in [6, 6.07) is 6.89. The van der Waals surface area contributed by atoms with Gasteiger partial charge in [0.2, 0.25) is 0 Å². The van der Waals surface area contributed by atoms with Gasteiger partial charge >= 0.3 is 11.9 Å². The predicted molar refractivity (Wildman–Crippen MR) is 89.3 cm³/mol. The number of esters is 2. The van der Waals surface area contributed by atoms with E-state index in [9.17, 15) is 14.4 Å². The van der Waals surface area contributed by atoms with Gasteiger partial charge in [0.25, 0.3) is 0 Å². The van der Waals surface area contributed by atoms with Crippen LogP contribution in [0.25, 0.3) is 0 Å². The molecular formula is C18H19BrO5. The van der Waals surface area contributed by atoms with Gasteiger partial charge in [0.15, 0.2) is 11.2 Å². The number of cyclic esters (lactones) is 1. The van der Waals surface area contributed by atoms with Crippen LogP contribution in [-0.4, -0.2) is 29.9 Å². The number of Topliss-reactive ketones (excluding diaryl/α,β-unsaturated/α-hetero) is 1. The summed E-state index contributed by atoms with van der Waals surface area (Å²) in [7, 11) is 0. The minimum Gasteiger partial charge on any atom is -0.465 e. The minimum atomic E-state index is -1.54. The number of ketones is 1. The first-order valence-corrected chi connectivity index (χ1v) is 8.64. The molecule has 3 rings (SSSR count). The molecule has 6 heteroatoms. The van der Waals surface area contributed by atoms with E-state index in [4.69, 9.17) is 9.47 Å². The number of carbonyl (C=O) groups is 3. The van der Waals surface area contributed by atoms with Gasteiger partial charge in [0, 0.05) is 16.0 Å². The van der Waals surface area contributed by atoms with E-state index in [1.54, 1.807) is 52.0 Å². The van der Waals surface area contributed by atoms with Gasteiger partial charge in [0.1, 0.15) is 5.60 Å². The molecule has 0 bridgehead atoms. The summed E-state index contributed by atoms with van der Waals surface area (Å²) in [5.41, 5.74) is -3.14. The van der Waals surface area contributed by atoms with Gasteiger partial charge < -0.3 is 9.47 Å². The molecule has 128 valence electrons. The summed E-state index contributed by atoms with van der Waals surface area (Å²) in [5, 5.41) is 0. The molecule has 5 nitrogen and oxygen atoms in total. The van der Waals surface area contributed by atoms with Gasteiger partial charge in [-0.25, -0.2) is 0 Å². The lowest BCUT2D eigenvalue weighted by atomic mass is 9.85. The van der Waals surface area contributed by atoms with E-state index in [1.165, 1.54) is 0 Å². The van der Waals surface area contributed by atoms with E-state index in [-0.39, 0.29) is 12.4 Å². The molecule has 0 aromatic heterocycles. The fraction of sp³-hybridized carbons (Fsp3) is 0.500. The third-order valence-electron chi connectivity index (χ3n) is 5.29. The Morgan fingerprint density at radius 2 is 1.79 bits per heavy atom. The van der Waals surface area contributed by atoms with Crippen molar-refractivity contribution in [3.63, 3.8) is 0 Å². The van der Waals surface area contributed by atoms with Crippen molar-refractivity contribution in [3.8, 4) is 0 Å². The fourth-order valence-corrected chi connectivity index (χ4v) is 4.68. The van der Waals surface area contributed by atoms with E-state index in [1.807, 2.05) is 0 Å². The van der Waals surface area contributed by atoms with E-state index < -0.39 is 34.3 Å². The SMILES string of the molecule is CCOC(=O)[C@@]12C(=O)OC(C)(C)[C@H]1[C@@]2(C)C(=O)c1ccc(Br)cc1. The molecule has 1 aliphatic heterocycles. The first-order valence-electron chi connectivity index (χ1n) is 7.85. The lowest BCUT2D eigenvalue weighted by molar-refractivity contribution is -0.166. The van der Waals surface area contributed by atoms with Crippen LogP contribution in [0.5, 0.6) is 0 Å². The van der Waals surface area contributed by atoms with Crippen molar-refractivity contribution in [1.29, 1.82) is 0 Å². The average molecular weight is 395 g/mol. The summed E-state index contributed by atoms with van der Waals surface area (Å²) in [6.45, 7) is 6.95. The highest BCUT2D eigenvalue weighted by Gasteiger charge is 2.94. The van der Waals surface area contributed by atoms with Crippen LogP contribution in [-0.2, 0) is 19.1 Å². The van der Waals surface area contributed by atoms with Crippen molar-refractivity contribution in [2.75, 3.05) is 6.61 Å². The molecule has 1 heterocycles. The van der Waals surface area contributed by atoms with Crippen LogP contribution in [0.1, 0.15) is 38.1 Å². The third kappa shape index (κ3) is 1.89. The maximum Gasteiger partial charge on any atom is 0.325 e. The number of fused-ring (bicyclic) bond motifs is 1. The normalized spacial score (nSPS) is 32.7. The topological polar surface area (TPSA) is 69.7 Å². The number of halogens is 1. The van der Waals surface area contributed by atoms with Gasteiger partial charge in [-0.1, -0.05) is 35.0 Å². The average Bonchev–Trinajstić information content (AvgIpc) is 3.03. The number of hydrogen-bond acceptors (Lipinski definition) is 5. The minimum absolute atomic E-state index is 0.142. The lowest BCUT2D eigenvalue weighted by Gasteiger charge is -2.26. The van der Waals surface area contributed by atoms with E-state index >= 15 is 0 Å². The molecule has 1 aromatic carbocycles. The summed E-state index contributed by atoms with van der Waals surface area (Å²) >= 11 is 3.33. The smallest absolute Gasteiger partial charge is 0.325 e. The number of benzene rings is 1. The molecule has 2 fully saturated rings. The first-order chi connectivity index (χ1) is 11.1. The maximum absolute atomic E-state index is 13.2. The van der Waals surface area contributed by atoms with Gasteiger partial charge in [-0.15, -0.1) is 0 Å². The zero-order valence-electron chi connectivity index (χ0n) is 14.0. The Balaban J connectivity index is 2.09. The van der Waals surface area contributed by atoms with E-state index in [0.717, 1.165) is 4.47 Å². The summed E-state index contributed by atoms with van der Waals surface area (Å²) < 4.78 is 11.4. The van der Waals surface area contributed by atoms with Crippen molar-refractivity contribution < 1.29 is 23.9 Å². The molecule has 2 aliphatic rings. The fourth-order valence-electron chi connectivity index (χ4n) is 4.41. The molecule has 0 unspecified atom stereocenters. The zero-order valence-corrected chi connectivity index (χ0v) is 15.6. The quantitative estimate of drug-likeness (QED) is 0.445. The number of hydrogen-bond donors (Lipinski definition) is 0. The van der Waals surface area contributed by atoms with Gasteiger partial charge in [0.05, 0.1) is 12.0 Å². The molecule has 0 radical (unpaired) electrons. The zero-order chi connectivity index (χ0) is 17.9. The Labute approximate surface area is 148 Å². The maximum atomic E-state index is 13.2. The van der Waals surface area contributed by atoms with Crippen molar-refractivity contribution in [2.24, 2.45) is 16.7 Å². The second-order valence-electron chi connectivity index (χ2n) is 6.99. The summed E-state index contributed by atoms with van der Waals surface area (Å²) in [6.07, 6.45) is 0. The Hall–Kier alpha value is -1.69. The van der Waals surface area contributed by atoms with Gasteiger partial charge in [-0.05, 0) is 32.9 Å². The molecule has 0 amide bonds. The van der Waals surface area contributed by atoms with Gasteiger partial charge in [-0.2, -0.15) is 0 Å². The molecule has 3 atom stereocenters. The standard InChI is InChI=1S/C18H19BrO5/c1-5-23-14(21)18-13(16(2,3)24-15(18)22)17(18,4)12(20)10-6-8-11(19)9-7-10/h6-9,13H,5H2,1-4H3/t13-,17+,18+/m0/s1. The molecule has 1 saturated carbocycles. The Kier molecular flexibility index (Phi) is 3.68. The largest absolute Gasteiger partial charge is 0.465 e. The van der Waals surface area contributed by atoms with E-state index in [0.29, 0.717) is 5.56 Å². The number of ether oxygens (including phenoxy) is 2. The monoisotopic (exact) mass is 394 g/mol. The van der Waals surface area contributed by atoms with Crippen LogP contribution in [0.2, 0.25) is 0 Å². The lowest BCUT2D eigenvalue weighted by Crippen LogP contribution is -2.39. The highest BCUT2D eigenvalue weighted by Crippen LogP contribution is 2.78. The molecular weight excluding hydrogens is 376 g/mol. The second-order valence-corrected chi connectivity index (χ2v) is 7.91. The highest BCUT2D eigenvalue weighted by molar-refractivity contribution is 9.10. The van der Waals surface area contributed by atoms with Crippen LogP contribution in [0.15, 0.2) is 28.7 Å². The van der Waals surface area contributed by atoms with Crippen LogP contribution < -0.4 is 0 Å². The first kappa shape index (κ1) is 17.1. The van der Waals surface area contributed by atoms with Crippen molar-refractivity contribution >= 4 is 33.7 Å². The van der Waals surface area contributed by atoms with E-state index in [2.05, 4.69) is 15.9 Å². The van der Waals surface area contributed by atoms with Crippen molar-refractivity contribution in [3.05, 3.63) is 34.3 Å². The van der Waals surface area contributed by atoms with Gasteiger partial charge in [-0.3, -0.25) is 14.4 Å².